The smallest absolute Gasteiger partial charge is 0.360 e. The predicted octanol–water partition coefficient (Wildman–Crippen LogP) is 5.94. The summed E-state index contributed by atoms with van der Waals surface area (Å²) in [4.78, 5) is 30.3. The lowest BCUT2D eigenvalue weighted by Crippen LogP contribution is -2.39. The number of hydrogen-bond acceptors (Lipinski definition) is 3. The van der Waals surface area contributed by atoms with E-state index >= 15 is 0 Å². The molecule has 5 rings (SSSR count). The second-order valence-corrected chi connectivity index (χ2v) is 9.43. The van der Waals surface area contributed by atoms with E-state index in [9.17, 15) is 22.8 Å². The Morgan fingerprint density at radius 3 is 2.34 bits per heavy atom. The fraction of sp³-hybridized carbons (Fsp3) is 0.250. The highest BCUT2D eigenvalue weighted by Crippen LogP contribution is 2.30. The Kier molecular flexibility index (Phi) is 6.79. The molecule has 0 aliphatic carbocycles. The highest BCUT2D eigenvalue weighted by atomic mass is 19.4. The van der Waals surface area contributed by atoms with E-state index in [-0.39, 0.29) is 23.4 Å². The second kappa shape index (κ2) is 10.2. The van der Waals surface area contributed by atoms with E-state index in [1.807, 2.05) is 31.2 Å². The van der Waals surface area contributed by atoms with Gasteiger partial charge in [-0.1, -0.05) is 29.8 Å². The molecule has 0 spiro atoms. The molecule has 1 saturated heterocycles. The van der Waals surface area contributed by atoms with Gasteiger partial charge in [0, 0.05) is 36.7 Å². The van der Waals surface area contributed by atoms with Crippen molar-refractivity contribution < 1.29 is 22.8 Å². The number of benzene rings is 2. The topological polar surface area (TPSA) is 83.0 Å². The van der Waals surface area contributed by atoms with E-state index in [0.717, 1.165) is 29.0 Å². The summed E-state index contributed by atoms with van der Waals surface area (Å²) in [5.74, 6) is -0.543. The number of aryl methyl sites for hydroxylation is 1. The third-order valence-corrected chi connectivity index (χ3v) is 6.75. The number of nitrogens with one attached hydrogen (secondary N) is 2. The van der Waals surface area contributed by atoms with Gasteiger partial charge in [-0.15, -0.1) is 0 Å². The van der Waals surface area contributed by atoms with Crippen LogP contribution in [-0.4, -0.2) is 44.6 Å². The van der Waals surface area contributed by atoms with Gasteiger partial charge in [-0.05, 0) is 55.7 Å². The zero-order valence-corrected chi connectivity index (χ0v) is 20.6. The first-order valence-corrected chi connectivity index (χ1v) is 12.2. The molecule has 196 valence electrons. The number of amides is 2. The molecule has 0 atom stereocenters. The fourth-order valence-corrected chi connectivity index (χ4v) is 4.55. The molecule has 2 aromatic heterocycles. The molecular formula is C28H26F3N5O2. The van der Waals surface area contributed by atoms with Gasteiger partial charge in [0.05, 0.1) is 29.1 Å². The largest absolute Gasteiger partial charge is 0.416 e. The van der Waals surface area contributed by atoms with Crippen molar-refractivity contribution in [3.8, 4) is 11.3 Å². The van der Waals surface area contributed by atoms with Gasteiger partial charge in [0.25, 0.3) is 11.8 Å². The standard InChI is InChI=1S/C28H26F3N5O2/c1-18-2-4-19(5-3-18)25-14-21(15-32-25)26(37)34-23-16-33-36(17-23)24-10-12-35(13-11-24)27(38)20-6-8-22(9-7-20)28(29,30)31/h2-9,14-17,24,32H,10-13H2,1H3,(H,34,37). The Balaban J connectivity index is 1.16. The van der Waals surface area contributed by atoms with Crippen LogP contribution in [0.2, 0.25) is 0 Å². The van der Waals surface area contributed by atoms with Crippen LogP contribution in [0.15, 0.2) is 73.2 Å². The number of nitrogens with zero attached hydrogens (tertiary/aromatic N) is 3. The van der Waals surface area contributed by atoms with E-state index in [0.29, 0.717) is 37.2 Å². The summed E-state index contributed by atoms with van der Waals surface area (Å²) in [6.45, 7) is 2.93. The lowest BCUT2D eigenvalue weighted by molar-refractivity contribution is -0.137. The van der Waals surface area contributed by atoms with Crippen molar-refractivity contribution in [1.29, 1.82) is 0 Å². The summed E-state index contributed by atoms with van der Waals surface area (Å²) >= 11 is 0. The van der Waals surface area contributed by atoms with Crippen molar-refractivity contribution in [3.05, 3.63) is 95.4 Å². The number of likely N-dealkylation sites (tertiary alicyclic amines) is 1. The molecule has 3 heterocycles. The molecule has 10 heteroatoms. The second-order valence-electron chi connectivity index (χ2n) is 9.43. The van der Waals surface area contributed by atoms with Gasteiger partial charge in [-0.2, -0.15) is 18.3 Å². The quantitative estimate of drug-likeness (QED) is 0.341. The van der Waals surface area contributed by atoms with Crippen molar-refractivity contribution in [1.82, 2.24) is 19.7 Å². The highest BCUT2D eigenvalue weighted by molar-refractivity contribution is 6.04. The summed E-state index contributed by atoms with van der Waals surface area (Å²) in [6.07, 6.45) is 1.86. The molecule has 4 aromatic rings. The van der Waals surface area contributed by atoms with E-state index < -0.39 is 11.7 Å². The average Bonchev–Trinajstić information content (AvgIpc) is 3.59. The van der Waals surface area contributed by atoms with E-state index in [1.54, 1.807) is 34.2 Å². The number of anilines is 1. The monoisotopic (exact) mass is 521 g/mol. The Morgan fingerprint density at radius 1 is 1.00 bits per heavy atom. The number of aromatic nitrogens is 3. The van der Waals surface area contributed by atoms with Crippen molar-refractivity contribution in [3.63, 3.8) is 0 Å². The molecule has 0 bridgehead atoms. The van der Waals surface area contributed by atoms with Gasteiger partial charge >= 0.3 is 6.18 Å². The molecule has 1 fully saturated rings. The molecule has 2 amide bonds. The summed E-state index contributed by atoms with van der Waals surface area (Å²) in [7, 11) is 0. The van der Waals surface area contributed by atoms with Gasteiger partial charge in [0.15, 0.2) is 0 Å². The maximum absolute atomic E-state index is 12.8. The molecule has 1 aliphatic rings. The molecule has 0 radical (unpaired) electrons. The third kappa shape index (κ3) is 5.49. The van der Waals surface area contributed by atoms with Gasteiger partial charge in [-0.3, -0.25) is 14.3 Å². The zero-order chi connectivity index (χ0) is 26.9. The minimum Gasteiger partial charge on any atom is -0.360 e. The fourth-order valence-electron chi connectivity index (χ4n) is 4.55. The number of alkyl halides is 3. The maximum Gasteiger partial charge on any atom is 0.416 e. The van der Waals surface area contributed by atoms with Crippen molar-refractivity contribution in [2.24, 2.45) is 0 Å². The van der Waals surface area contributed by atoms with Crippen LogP contribution in [-0.2, 0) is 6.18 Å². The number of aromatic amines is 1. The Labute approximate surface area is 217 Å². The summed E-state index contributed by atoms with van der Waals surface area (Å²) in [5.41, 5.74) is 3.52. The van der Waals surface area contributed by atoms with Crippen molar-refractivity contribution >= 4 is 17.5 Å². The number of piperidine rings is 1. The van der Waals surface area contributed by atoms with Crippen molar-refractivity contribution in [2.75, 3.05) is 18.4 Å². The number of hydrogen-bond donors (Lipinski definition) is 2. The molecule has 38 heavy (non-hydrogen) atoms. The first-order chi connectivity index (χ1) is 18.2. The van der Waals surface area contributed by atoms with E-state index in [4.69, 9.17) is 0 Å². The summed E-state index contributed by atoms with van der Waals surface area (Å²) < 4.78 is 40.1. The van der Waals surface area contributed by atoms with E-state index in [2.05, 4.69) is 15.4 Å². The molecule has 2 aromatic carbocycles. The lowest BCUT2D eigenvalue weighted by atomic mass is 10.0. The minimum atomic E-state index is -4.44. The Morgan fingerprint density at radius 2 is 1.68 bits per heavy atom. The maximum atomic E-state index is 12.8. The molecular weight excluding hydrogens is 495 g/mol. The van der Waals surface area contributed by atoms with Crippen LogP contribution in [0.4, 0.5) is 18.9 Å². The van der Waals surface area contributed by atoms with Crippen LogP contribution in [0.25, 0.3) is 11.3 Å². The van der Waals surface area contributed by atoms with Gasteiger partial charge in [0.1, 0.15) is 0 Å². The Bertz CT molecular complexity index is 1430. The van der Waals surface area contributed by atoms with Gasteiger partial charge in [-0.25, -0.2) is 0 Å². The van der Waals surface area contributed by atoms with E-state index in [1.165, 1.54) is 12.1 Å². The Hall–Kier alpha value is -4.34. The minimum absolute atomic E-state index is 0.0395. The zero-order valence-electron chi connectivity index (χ0n) is 20.6. The first kappa shape index (κ1) is 25.3. The van der Waals surface area contributed by atoms with Crippen LogP contribution in [0.5, 0.6) is 0 Å². The predicted molar refractivity (Wildman–Crippen MR) is 137 cm³/mol. The van der Waals surface area contributed by atoms with Crippen LogP contribution in [0, 0.1) is 6.92 Å². The first-order valence-electron chi connectivity index (χ1n) is 12.2. The van der Waals surface area contributed by atoms with Crippen LogP contribution < -0.4 is 5.32 Å². The van der Waals surface area contributed by atoms with Crippen LogP contribution in [0.3, 0.4) is 0 Å². The third-order valence-electron chi connectivity index (χ3n) is 6.75. The number of H-pyrrole nitrogens is 1. The summed E-state index contributed by atoms with van der Waals surface area (Å²) in [5, 5.41) is 7.26. The number of rotatable bonds is 5. The van der Waals surface area contributed by atoms with Gasteiger partial charge in [0.2, 0.25) is 0 Å². The number of carbonyl (C=O) groups is 2. The number of halogens is 3. The number of carbonyl (C=O) groups excluding carboxylic acids is 2. The summed E-state index contributed by atoms with van der Waals surface area (Å²) in [6, 6.07) is 14.1. The highest BCUT2D eigenvalue weighted by Gasteiger charge is 2.31. The average molecular weight is 522 g/mol. The molecule has 0 unspecified atom stereocenters. The molecule has 0 saturated carbocycles. The van der Waals surface area contributed by atoms with Crippen LogP contribution >= 0.6 is 0 Å². The lowest BCUT2D eigenvalue weighted by Gasteiger charge is -2.32. The van der Waals surface area contributed by atoms with Gasteiger partial charge < -0.3 is 15.2 Å². The van der Waals surface area contributed by atoms with Crippen LogP contribution in [0.1, 0.15) is 50.7 Å². The normalized spacial score (nSPS) is 14.5. The molecule has 7 nitrogen and oxygen atoms in total. The SMILES string of the molecule is Cc1ccc(-c2cc(C(=O)Nc3cnn(C4CCN(C(=O)c5ccc(C(F)(F)F)cc5)CC4)c3)c[nH]2)cc1. The molecule has 1 aliphatic heterocycles. The molecule has 2 N–H and O–H groups in total. The van der Waals surface area contributed by atoms with Crippen molar-refractivity contribution in [2.45, 2.75) is 32.0 Å².